The molecule has 0 aromatic carbocycles. The monoisotopic (exact) mass is 283 g/mol. The van der Waals surface area contributed by atoms with Crippen LogP contribution in [0.5, 0.6) is 0 Å². The van der Waals surface area contributed by atoms with Crippen molar-refractivity contribution in [3.63, 3.8) is 0 Å². The molecule has 0 saturated carbocycles. The molecule has 1 aromatic rings. The molecule has 9 heteroatoms. The van der Waals surface area contributed by atoms with E-state index >= 15 is 0 Å². The summed E-state index contributed by atoms with van der Waals surface area (Å²) in [7, 11) is 0. The Morgan fingerprint density at radius 2 is 2.16 bits per heavy atom. The minimum absolute atomic E-state index is 0.0996. The SMILES string of the molecule is N#Cc1cnn(C(=O)N2CCN(CS(=O)O)CC2)c1. The molecular formula is C10H13N5O3S. The van der Waals surface area contributed by atoms with Gasteiger partial charge >= 0.3 is 6.03 Å². The second-order valence-electron chi connectivity index (χ2n) is 4.12. The number of piperazine rings is 1. The highest BCUT2D eigenvalue weighted by Crippen LogP contribution is 2.05. The molecule has 1 aromatic heterocycles. The number of nitriles is 1. The summed E-state index contributed by atoms with van der Waals surface area (Å²) >= 11 is -1.85. The van der Waals surface area contributed by atoms with E-state index in [-0.39, 0.29) is 11.9 Å². The van der Waals surface area contributed by atoms with E-state index in [1.54, 1.807) is 4.90 Å². The third-order valence-corrected chi connectivity index (χ3v) is 3.43. The first-order valence-corrected chi connectivity index (χ1v) is 6.91. The average Bonchev–Trinajstić information content (AvgIpc) is 2.87. The zero-order valence-electron chi connectivity index (χ0n) is 10.1. The van der Waals surface area contributed by atoms with Gasteiger partial charge in [0.15, 0.2) is 11.1 Å². The first-order chi connectivity index (χ1) is 9.10. The quantitative estimate of drug-likeness (QED) is 0.735. The van der Waals surface area contributed by atoms with Gasteiger partial charge in [0.25, 0.3) is 0 Å². The average molecular weight is 283 g/mol. The number of aromatic nitrogens is 2. The van der Waals surface area contributed by atoms with Gasteiger partial charge in [0.2, 0.25) is 0 Å². The molecule has 102 valence electrons. The summed E-state index contributed by atoms with van der Waals surface area (Å²) in [5.41, 5.74) is 0.336. The van der Waals surface area contributed by atoms with Gasteiger partial charge in [-0.2, -0.15) is 15.0 Å². The van der Waals surface area contributed by atoms with Crippen LogP contribution in [0.1, 0.15) is 5.56 Å². The first kappa shape index (κ1) is 13.7. The van der Waals surface area contributed by atoms with Crippen LogP contribution in [-0.2, 0) is 11.1 Å². The highest BCUT2D eigenvalue weighted by molar-refractivity contribution is 7.79. The van der Waals surface area contributed by atoms with E-state index in [9.17, 15) is 9.00 Å². The summed E-state index contributed by atoms with van der Waals surface area (Å²) < 4.78 is 20.6. The van der Waals surface area contributed by atoms with Gasteiger partial charge in [0.05, 0.1) is 18.0 Å². The first-order valence-electron chi connectivity index (χ1n) is 5.64. The second-order valence-corrected chi connectivity index (χ2v) is 5.02. The molecule has 1 unspecified atom stereocenters. The van der Waals surface area contributed by atoms with Gasteiger partial charge in [-0.25, -0.2) is 9.00 Å². The fraction of sp³-hybridized carbons (Fsp3) is 0.500. The molecule has 2 heterocycles. The molecular weight excluding hydrogens is 270 g/mol. The topological polar surface area (TPSA) is 102 Å². The van der Waals surface area contributed by atoms with Crippen LogP contribution in [0.15, 0.2) is 12.4 Å². The van der Waals surface area contributed by atoms with Gasteiger partial charge in [-0.3, -0.25) is 4.90 Å². The summed E-state index contributed by atoms with van der Waals surface area (Å²) in [6, 6.07) is 1.62. The summed E-state index contributed by atoms with van der Waals surface area (Å²) in [5.74, 6) is 0.0996. The molecule has 19 heavy (non-hydrogen) atoms. The van der Waals surface area contributed by atoms with E-state index in [4.69, 9.17) is 9.81 Å². The molecule has 1 amide bonds. The Kier molecular flexibility index (Phi) is 4.26. The van der Waals surface area contributed by atoms with Crippen molar-refractivity contribution < 1.29 is 13.6 Å². The standard InChI is InChI=1S/C10H13N5O3S/c11-5-9-6-12-15(7-9)10(16)14-3-1-13(2-4-14)8-19(17)18/h6-7H,1-4,8H2,(H,17,18). The Bertz CT molecular complexity index is 530. The second kappa shape index (κ2) is 5.92. The third-order valence-electron chi connectivity index (χ3n) is 2.84. The Morgan fingerprint density at radius 3 is 2.68 bits per heavy atom. The lowest BCUT2D eigenvalue weighted by Crippen LogP contribution is -2.50. The summed E-state index contributed by atoms with van der Waals surface area (Å²) in [5, 5.41) is 12.5. The molecule has 1 N–H and O–H groups in total. The van der Waals surface area contributed by atoms with Gasteiger partial charge in [0.1, 0.15) is 11.9 Å². The molecule has 1 saturated heterocycles. The highest BCUT2D eigenvalue weighted by Gasteiger charge is 2.23. The Hall–Kier alpha value is -1.76. The molecule has 0 aliphatic carbocycles. The Balaban J connectivity index is 1.92. The maximum absolute atomic E-state index is 12.0. The van der Waals surface area contributed by atoms with Crippen molar-refractivity contribution in [3.05, 3.63) is 18.0 Å². The molecule has 1 aliphatic heterocycles. The van der Waals surface area contributed by atoms with E-state index in [0.717, 1.165) is 4.68 Å². The van der Waals surface area contributed by atoms with E-state index < -0.39 is 11.1 Å². The van der Waals surface area contributed by atoms with E-state index in [1.807, 2.05) is 11.0 Å². The lowest BCUT2D eigenvalue weighted by Gasteiger charge is -2.33. The van der Waals surface area contributed by atoms with Crippen LogP contribution < -0.4 is 0 Å². The number of rotatable bonds is 2. The number of carbonyl (C=O) groups is 1. The largest absolute Gasteiger partial charge is 0.344 e. The number of nitrogens with zero attached hydrogens (tertiary/aromatic N) is 5. The van der Waals surface area contributed by atoms with Gasteiger partial charge in [-0.15, -0.1) is 0 Å². The summed E-state index contributed by atoms with van der Waals surface area (Å²) in [4.78, 5) is 15.5. The zero-order chi connectivity index (χ0) is 13.8. The van der Waals surface area contributed by atoms with Crippen LogP contribution >= 0.6 is 0 Å². The normalized spacial score (nSPS) is 18.0. The van der Waals surface area contributed by atoms with Gasteiger partial charge in [-0.1, -0.05) is 0 Å². The minimum atomic E-state index is -1.85. The van der Waals surface area contributed by atoms with Crippen LogP contribution in [0.25, 0.3) is 0 Å². The highest BCUT2D eigenvalue weighted by atomic mass is 32.2. The van der Waals surface area contributed by atoms with Gasteiger partial charge < -0.3 is 9.45 Å². The zero-order valence-corrected chi connectivity index (χ0v) is 10.9. The Morgan fingerprint density at radius 1 is 1.47 bits per heavy atom. The van der Waals surface area contributed by atoms with E-state index in [0.29, 0.717) is 31.7 Å². The maximum atomic E-state index is 12.0. The number of hydrogen-bond donors (Lipinski definition) is 1. The fourth-order valence-electron chi connectivity index (χ4n) is 1.85. The minimum Gasteiger partial charge on any atom is -0.320 e. The van der Waals surface area contributed by atoms with Gasteiger partial charge in [0, 0.05) is 26.2 Å². The van der Waals surface area contributed by atoms with Crippen molar-refractivity contribution in [2.45, 2.75) is 0 Å². The predicted octanol–water partition coefficient (Wildman–Crippen LogP) is -0.480. The lowest BCUT2D eigenvalue weighted by molar-refractivity contribution is 0.149. The van der Waals surface area contributed by atoms with Crippen LogP contribution in [0.4, 0.5) is 4.79 Å². The van der Waals surface area contributed by atoms with Crippen molar-refractivity contribution in [2.24, 2.45) is 0 Å². The fourth-order valence-corrected chi connectivity index (χ4v) is 2.43. The van der Waals surface area contributed by atoms with Crippen LogP contribution in [0, 0.1) is 11.3 Å². The van der Waals surface area contributed by atoms with Crippen LogP contribution in [0.2, 0.25) is 0 Å². The number of hydrogen-bond acceptors (Lipinski definition) is 5. The number of carbonyl (C=O) groups excluding carboxylic acids is 1. The Labute approximate surface area is 112 Å². The molecule has 1 aliphatic rings. The lowest BCUT2D eigenvalue weighted by atomic mass is 10.3. The van der Waals surface area contributed by atoms with E-state index in [2.05, 4.69) is 5.10 Å². The smallest absolute Gasteiger partial charge is 0.320 e. The van der Waals surface area contributed by atoms with Crippen LogP contribution in [-0.4, -0.2) is 66.4 Å². The molecule has 8 nitrogen and oxygen atoms in total. The van der Waals surface area contributed by atoms with Crippen molar-refractivity contribution in [1.29, 1.82) is 5.26 Å². The predicted molar refractivity (Wildman–Crippen MR) is 66.5 cm³/mol. The molecule has 0 spiro atoms. The molecule has 0 radical (unpaired) electrons. The number of amides is 1. The molecule has 1 atom stereocenters. The van der Waals surface area contributed by atoms with Crippen molar-refractivity contribution in [2.75, 3.05) is 32.1 Å². The van der Waals surface area contributed by atoms with Crippen LogP contribution in [0.3, 0.4) is 0 Å². The maximum Gasteiger partial charge on any atom is 0.344 e. The molecule has 2 rings (SSSR count). The van der Waals surface area contributed by atoms with Gasteiger partial charge in [-0.05, 0) is 0 Å². The van der Waals surface area contributed by atoms with Crippen molar-refractivity contribution >= 4 is 17.1 Å². The molecule has 0 bridgehead atoms. The summed E-state index contributed by atoms with van der Waals surface area (Å²) in [6.45, 7) is 2.03. The van der Waals surface area contributed by atoms with Crippen molar-refractivity contribution in [3.8, 4) is 6.07 Å². The van der Waals surface area contributed by atoms with Crippen molar-refractivity contribution in [1.82, 2.24) is 19.6 Å². The molecule has 1 fully saturated rings. The van der Waals surface area contributed by atoms with E-state index in [1.165, 1.54) is 12.4 Å². The summed E-state index contributed by atoms with van der Waals surface area (Å²) in [6.07, 6.45) is 2.72. The third kappa shape index (κ3) is 3.37.